The van der Waals surface area contributed by atoms with E-state index in [-0.39, 0.29) is 24.0 Å². The average Bonchev–Trinajstić information content (AvgIpc) is 3.04. The third-order valence-corrected chi connectivity index (χ3v) is 4.94. The second kappa shape index (κ2) is 7.60. The zero-order chi connectivity index (χ0) is 18.7. The first-order chi connectivity index (χ1) is 12.5. The van der Waals surface area contributed by atoms with Crippen molar-refractivity contribution in [2.24, 2.45) is 0 Å². The number of nitrogens with one attached hydrogen (secondary N) is 2. The topological polar surface area (TPSA) is 61.4 Å². The van der Waals surface area contributed by atoms with E-state index in [1.165, 1.54) is 18.1 Å². The number of aryl methyl sites for hydroxylation is 1. The summed E-state index contributed by atoms with van der Waals surface area (Å²) < 4.78 is 0. The largest absolute Gasteiger partial charge is 0.331 e. The van der Waals surface area contributed by atoms with E-state index in [9.17, 15) is 9.59 Å². The lowest BCUT2D eigenvalue weighted by Gasteiger charge is -2.27. The summed E-state index contributed by atoms with van der Waals surface area (Å²) >= 11 is 0. The van der Waals surface area contributed by atoms with E-state index in [2.05, 4.69) is 22.8 Å². The van der Waals surface area contributed by atoms with Crippen molar-refractivity contribution in [2.45, 2.75) is 38.8 Å². The highest BCUT2D eigenvalue weighted by molar-refractivity contribution is 5.88. The Hall–Kier alpha value is -2.82. The Morgan fingerprint density at radius 2 is 1.92 bits per heavy atom. The van der Waals surface area contributed by atoms with E-state index < -0.39 is 0 Å². The standard InChI is InChI=1S/C21H25N3O2/c1-14(17-8-6-9-18(13-17)23-15(2)25)22-21(26)24(3)20-12-11-16-7-4-5-10-19(16)20/h4-10,13-14,20H,11-12H2,1-3H3,(H,22,26)(H,23,25)/t14-,20+/m0/s1. The Kier molecular flexibility index (Phi) is 5.26. The maximum Gasteiger partial charge on any atom is 0.318 e. The van der Waals surface area contributed by atoms with Crippen LogP contribution < -0.4 is 10.6 Å². The molecule has 0 heterocycles. The summed E-state index contributed by atoms with van der Waals surface area (Å²) in [6, 6.07) is 15.7. The summed E-state index contributed by atoms with van der Waals surface area (Å²) in [5.74, 6) is -0.113. The minimum absolute atomic E-state index is 0.0934. The SMILES string of the molecule is CC(=O)Nc1cccc([C@H](C)NC(=O)N(C)[C@@H]2CCc3ccccc32)c1. The normalized spacial score (nSPS) is 16.5. The van der Waals surface area contributed by atoms with Crippen LogP contribution in [0, 0.1) is 0 Å². The van der Waals surface area contributed by atoms with Crippen LogP contribution in [0.5, 0.6) is 0 Å². The number of carbonyl (C=O) groups is 2. The molecule has 2 atom stereocenters. The zero-order valence-electron chi connectivity index (χ0n) is 15.5. The van der Waals surface area contributed by atoms with Crippen LogP contribution in [0.1, 0.15) is 49.0 Å². The van der Waals surface area contributed by atoms with Crippen molar-refractivity contribution in [1.82, 2.24) is 10.2 Å². The highest BCUT2D eigenvalue weighted by atomic mass is 16.2. The summed E-state index contributed by atoms with van der Waals surface area (Å²) in [7, 11) is 1.85. The molecule has 0 bridgehead atoms. The number of amides is 3. The smallest absolute Gasteiger partial charge is 0.318 e. The van der Waals surface area contributed by atoms with Gasteiger partial charge in [-0.25, -0.2) is 4.79 Å². The Labute approximate surface area is 154 Å². The monoisotopic (exact) mass is 351 g/mol. The second-order valence-electron chi connectivity index (χ2n) is 6.84. The number of hydrogen-bond donors (Lipinski definition) is 2. The highest BCUT2D eigenvalue weighted by Gasteiger charge is 2.28. The lowest BCUT2D eigenvalue weighted by Crippen LogP contribution is -2.40. The summed E-state index contributed by atoms with van der Waals surface area (Å²) in [5.41, 5.74) is 4.25. The molecule has 5 nitrogen and oxygen atoms in total. The Balaban J connectivity index is 1.67. The molecule has 0 saturated heterocycles. The third-order valence-electron chi connectivity index (χ3n) is 4.94. The maximum atomic E-state index is 12.7. The van der Waals surface area contributed by atoms with E-state index in [1.807, 2.05) is 50.4 Å². The minimum Gasteiger partial charge on any atom is -0.331 e. The molecule has 26 heavy (non-hydrogen) atoms. The molecule has 2 aromatic rings. The molecule has 1 aliphatic rings. The summed E-state index contributed by atoms with van der Waals surface area (Å²) in [6.45, 7) is 3.42. The Morgan fingerprint density at radius 3 is 2.69 bits per heavy atom. The number of anilines is 1. The van der Waals surface area contributed by atoms with E-state index >= 15 is 0 Å². The van der Waals surface area contributed by atoms with E-state index in [4.69, 9.17) is 0 Å². The van der Waals surface area contributed by atoms with Crippen molar-refractivity contribution in [2.75, 3.05) is 12.4 Å². The van der Waals surface area contributed by atoms with Gasteiger partial charge in [-0.15, -0.1) is 0 Å². The van der Waals surface area contributed by atoms with Gasteiger partial charge in [0, 0.05) is 19.7 Å². The maximum absolute atomic E-state index is 12.7. The number of urea groups is 1. The van der Waals surface area contributed by atoms with Crippen molar-refractivity contribution in [3.8, 4) is 0 Å². The van der Waals surface area contributed by atoms with Crippen LogP contribution in [0.2, 0.25) is 0 Å². The molecular formula is C21H25N3O2. The van der Waals surface area contributed by atoms with Gasteiger partial charge in [-0.3, -0.25) is 4.79 Å². The molecular weight excluding hydrogens is 326 g/mol. The minimum atomic E-state index is -0.157. The van der Waals surface area contributed by atoms with Crippen LogP contribution in [0.3, 0.4) is 0 Å². The van der Waals surface area contributed by atoms with Gasteiger partial charge in [0.2, 0.25) is 5.91 Å². The number of benzene rings is 2. The first kappa shape index (κ1) is 18.0. The molecule has 136 valence electrons. The number of carbonyl (C=O) groups excluding carboxylic acids is 2. The first-order valence-electron chi connectivity index (χ1n) is 8.94. The molecule has 0 fully saturated rings. The number of nitrogens with zero attached hydrogens (tertiary/aromatic N) is 1. The van der Waals surface area contributed by atoms with Gasteiger partial charge in [-0.1, -0.05) is 36.4 Å². The van der Waals surface area contributed by atoms with Gasteiger partial charge in [-0.05, 0) is 48.6 Å². The van der Waals surface area contributed by atoms with Crippen molar-refractivity contribution in [3.63, 3.8) is 0 Å². The van der Waals surface area contributed by atoms with Crippen LogP contribution in [0.4, 0.5) is 10.5 Å². The van der Waals surface area contributed by atoms with Crippen LogP contribution in [-0.4, -0.2) is 23.9 Å². The molecule has 0 aromatic heterocycles. The molecule has 2 N–H and O–H groups in total. The van der Waals surface area contributed by atoms with Crippen molar-refractivity contribution in [1.29, 1.82) is 0 Å². The van der Waals surface area contributed by atoms with Gasteiger partial charge in [-0.2, -0.15) is 0 Å². The Morgan fingerprint density at radius 1 is 1.15 bits per heavy atom. The quantitative estimate of drug-likeness (QED) is 0.873. The number of fused-ring (bicyclic) bond motifs is 1. The fourth-order valence-corrected chi connectivity index (χ4v) is 3.54. The van der Waals surface area contributed by atoms with Crippen LogP contribution in [0.25, 0.3) is 0 Å². The van der Waals surface area contributed by atoms with Crippen molar-refractivity contribution >= 4 is 17.6 Å². The Bertz CT molecular complexity index is 818. The molecule has 3 rings (SSSR count). The van der Waals surface area contributed by atoms with Crippen LogP contribution in [-0.2, 0) is 11.2 Å². The van der Waals surface area contributed by atoms with Crippen LogP contribution in [0.15, 0.2) is 48.5 Å². The molecule has 5 heteroatoms. The third kappa shape index (κ3) is 3.87. The number of rotatable bonds is 4. The predicted molar refractivity (Wildman–Crippen MR) is 103 cm³/mol. The molecule has 1 aliphatic carbocycles. The summed E-state index contributed by atoms with van der Waals surface area (Å²) in [6.07, 6.45) is 1.96. The van der Waals surface area contributed by atoms with Gasteiger partial charge in [0.05, 0.1) is 12.1 Å². The van der Waals surface area contributed by atoms with Gasteiger partial charge in [0.1, 0.15) is 0 Å². The predicted octanol–water partition coefficient (Wildman–Crippen LogP) is 4.03. The molecule has 2 aromatic carbocycles. The van der Waals surface area contributed by atoms with Gasteiger partial charge >= 0.3 is 6.03 Å². The molecule has 0 spiro atoms. The fourth-order valence-electron chi connectivity index (χ4n) is 3.54. The van der Waals surface area contributed by atoms with Crippen molar-refractivity contribution in [3.05, 3.63) is 65.2 Å². The first-order valence-corrected chi connectivity index (χ1v) is 8.94. The zero-order valence-corrected chi connectivity index (χ0v) is 15.5. The second-order valence-corrected chi connectivity index (χ2v) is 6.84. The molecule has 0 unspecified atom stereocenters. The number of hydrogen-bond acceptors (Lipinski definition) is 2. The fraction of sp³-hybridized carbons (Fsp3) is 0.333. The molecule has 0 radical (unpaired) electrons. The summed E-state index contributed by atoms with van der Waals surface area (Å²) in [5, 5.41) is 5.83. The highest BCUT2D eigenvalue weighted by Crippen LogP contribution is 2.34. The average molecular weight is 351 g/mol. The summed E-state index contributed by atoms with van der Waals surface area (Å²) in [4.78, 5) is 25.7. The van der Waals surface area contributed by atoms with Crippen molar-refractivity contribution < 1.29 is 9.59 Å². The van der Waals surface area contributed by atoms with Crippen LogP contribution >= 0.6 is 0 Å². The van der Waals surface area contributed by atoms with E-state index in [0.717, 1.165) is 24.1 Å². The van der Waals surface area contributed by atoms with Gasteiger partial charge in [0.15, 0.2) is 0 Å². The van der Waals surface area contributed by atoms with E-state index in [1.54, 1.807) is 4.90 Å². The molecule has 0 saturated carbocycles. The lowest BCUT2D eigenvalue weighted by molar-refractivity contribution is -0.114. The van der Waals surface area contributed by atoms with Gasteiger partial charge in [0.25, 0.3) is 0 Å². The molecule has 0 aliphatic heterocycles. The molecule has 3 amide bonds. The van der Waals surface area contributed by atoms with Gasteiger partial charge < -0.3 is 15.5 Å². The lowest BCUT2D eigenvalue weighted by atomic mass is 10.1. The van der Waals surface area contributed by atoms with E-state index in [0.29, 0.717) is 0 Å².